The number of nitrogens with one attached hydrogen (secondary N) is 5. The number of carboxylic acids is 1. The quantitative estimate of drug-likeness (QED) is 0.0143. The van der Waals surface area contributed by atoms with Crippen molar-refractivity contribution in [2.45, 2.75) is 211 Å². The smallest absolute Gasteiger partial charge is 0.338 e. The van der Waals surface area contributed by atoms with Gasteiger partial charge in [0, 0.05) is 67.7 Å². The second-order valence-corrected chi connectivity index (χ2v) is 28.7. The second-order valence-electron chi connectivity index (χ2n) is 28.7. The Balaban J connectivity index is 0.827. The topological polar surface area (TPSA) is 468 Å². The Morgan fingerprint density at radius 1 is 0.769 bits per heavy atom. The zero-order chi connectivity index (χ0) is 76.5. The van der Waals surface area contributed by atoms with Crippen molar-refractivity contribution >= 4 is 70.9 Å². The van der Waals surface area contributed by atoms with Gasteiger partial charge in [0.05, 0.1) is 54.0 Å². The summed E-state index contributed by atoms with van der Waals surface area (Å²) >= 11 is 0. The fourth-order valence-electron chi connectivity index (χ4n) is 15.6. The number of primary amides is 1. The number of rotatable bonds is 31. The number of carboxylic acid groups (broad SMARTS) is 1. The Bertz CT molecular complexity index is 3710. The van der Waals surface area contributed by atoms with E-state index in [-0.39, 0.29) is 67.7 Å². The van der Waals surface area contributed by atoms with Gasteiger partial charge in [-0.05, 0) is 94.4 Å². The van der Waals surface area contributed by atoms with Gasteiger partial charge in [0.25, 0.3) is 0 Å². The average molecular weight is 1450 g/mol. The normalized spacial score (nSPS) is 29.2. The van der Waals surface area contributed by atoms with E-state index in [1.54, 1.807) is 89.2 Å². The first-order valence-corrected chi connectivity index (χ1v) is 34.8. The van der Waals surface area contributed by atoms with Crippen molar-refractivity contribution in [2.24, 2.45) is 39.7 Å². The Morgan fingerprint density at radius 2 is 1.38 bits per heavy atom. The van der Waals surface area contributed by atoms with Crippen molar-refractivity contribution in [3.63, 3.8) is 0 Å². The molecule has 2 bridgehead atoms. The third kappa shape index (κ3) is 17.6. The fraction of sp³-hybridized carbons (Fsp3) is 0.568. The summed E-state index contributed by atoms with van der Waals surface area (Å²) in [6, 6.07) is 17.9. The lowest BCUT2D eigenvalue weighted by molar-refractivity contribution is -0.312. The molecule has 2 saturated carbocycles. The summed E-state index contributed by atoms with van der Waals surface area (Å²) in [4.78, 5) is 161. The molecular formula is C74H96N6O24. The predicted octanol–water partition coefficient (Wildman–Crippen LogP) is 1.64. The molecule has 2 heterocycles. The number of hydrogen-bond donors (Lipinski definition) is 12. The van der Waals surface area contributed by atoms with Gasteiger partial charge in [0.2, 0.25) is 35.4 Å². The molecular weight excluding hydrogens is 1360 g/mol. The molecule has 3 aromatic rings. The summed E-state index contributed by atoms with van der Waals surface area (Å²) in [6.07, 6.45) is -16.9. The maximum Gasteiger partial charge on any atom is 0.338 e. The van der Waals surface area contributed by atoms with Crippen molar-refractivity contribution in [1.29, 1.82) is 0 Å². The number of ketones is 2. The molecule has 6 amide bonds. The largest absolute Gasteiger partial charge is 0.480 e. The molecule has 20 atom stereocenters. The van der Waals surface area contributed by atoms with Gasteiger partial charge < -0.3 is 91.4 Å². The molecule has 30 heteroatoms. The fourth-order valence-corrected chi connectivity index (χ4v) is 15.6. The minimum absolute atomic E-state index is 0.0658. The molecule has 2 saturated heterocycles. The van der Waals surface area contributed by atoms with E-state index in [0.717, 1.165) is 6.92 Å². The Morgan fingerprint density at radius 3 is 1.94 bits per heavy atom. The molecule has 30 nitrogen and oxygen atoms in total. The molecule has 0 radical (unpaired) electrons. The molecule has 5 aliphatic rings. The number of carbonyl (C=O) groups is 12. The summed E-state index contributed by atoms with van der Waals surface area (Å²) in [5, 5.41) is 81.0. The zero-order valence-electron chi connectivity index (χ0n) is 59.6. The maximum absolute atomic E-state index is 15.3. The highest BCUT2D eigenvalue weighted by Gasteiger charge is 2.75. The van der Waals surface area contributed by atoms with Gasteiger partial charge in [-0.3, -0.25) is 38.4 Å². The van der Waals surface area contributed by atoms with Gasteiger partial charge in [-0.2, -0.15) is 0 Å². The van der Waals surface area contributed by atoms with Crippen LogP contribution in [0.25, 0.3) is 0 Å². The lowest BCUT2D eigenvalue weighted by Gasteiger charge is -2.68. The van der Waals surface area contributed by atoms with E-state index >= 15 is 4.79 Å². The number of amides is 6. The minimum Gasteiger partial charge on any atom is -0.480 e. The number of aliphatic carboxylic acids is 1. The number of aliphatic hydroxyl groups is 5. The lowest BCUT2D eigenvalue weighted by Crippen LogP contribution is -2.77. The van der Waals surface area contributed by atoms with Gasteiger partial charge in [-0.1, -0.05) is 94.4 Å². The molecule has 0 spiro atoms. The highest BCUT2D eigenvalue weighted by molar-refractivity contribution is 5.98. The molecule has 0 aromatic heterocycles. The molecule has 3 aromatic carbocycles. The van der Waals surface area contributed by atoms with Crippen LogP contribution in [0.1, 0.15) is 152 Å². The summed E-state index contributed by atoms with van der Waals surface area (Å²) < 4.78 is 35.7. The number of hydrogen-bond acceptors (Lipinski definition) is 23. The summed E-state index contributed by atoms with van der Waals surface area (Å²) in [5.41, 5.74) is 0.871. The molecule has 566 valence electrons. The number of Topliss-reactive ketones (excluding diaryl/α,β-unsaturated/α-hetero) is 2. The molecule has 2 aliphatic heterocycles. The number of nitrogens with two attached hydrogens (primary N) is 1. The molecule has 104 heavy (non-hydrogen) atoms. The van der Waals surface area contributed by atoms with Crippen LogP contribution >= 0.6 is 0 Å². The summed E-state index contributed by atoms with van der Waals surface area (Å²) in [5.74, 6) is -13.8. The number of unbranched alkanes of at least 4 members (excludes halogenated alkanes) is 1. The second kappa shape index (κ2) is 33.9. The van der Waals surface area contributed by atoms with E-state index in [4.69, 9.17) is 34.2 Å². The first kappa shape index (κ1) is 80.8. The van der Waals surface area contributed by atoms with Crippen LogP contribution in [-0.4, -0.2) is 206 Å². The Labute approximate surface area is 601 Å². The van der Waals surface area contributed by atoms with Crippen LogP contribution < -0.4 is 32.3 Å². The lowest BCUT2D eigenvalue weighted by atomic mass is 9.41. The highest BCUT2D eigenvalue weighted by atomic mass is 16.7. The molecule has 13 N–H and O–H groups in total. The summed E-state index contributed by atoms with van der Waals surface area (Å²) in [6.45, 7) is 13.2. The van der Waals surface area contributed by atoms with Crippen molar-refractivity contribution < 1.29 is 117 Å². The maximum atomic E-state index is 15.3. The van der Waals surface area contributed by atoms with Crippen molar-refractivity contribution in [1.82, 2.24) is 26.6 Å². The predicted molar refractivity (Wildman–Crippen MR) is 365 cm³/mol. The molecule has 3 aliphatic carbocycles. The zero-order valence-corrected chi connectivity index (χ0v) is 59.6. The summed E-state index contributed by atoms with van der Waals surface area (Å²) in [7, 11) is 0. The van der Waals surface area contributed by atoms with Crippen LogP contribution in [-0.2, 0) is 76.4 Å². The molecule has 8 rings (SSSR count). The third-order valence-corrected chi connectivity index (χ3v) is 21.4. The first-order chi connectivity index (χ1) is 49.0. The van der Waals surface area contributed by atoms with E-state index in [1.807, 2.05) is 6.92 Å². The van der Waals surface area contributed by atoms with Crippen LogP contribution in [0.15, 0.2) is 102 Å². The van der Waals surface area contributed by atoms with Crippen LogP contribution in [0.5, 0.6) is 0 Å². The Hall–Kier alpha value is -8.88. The standard InChI is InChI=1S/C74H96N6O24/c1-37-48(34-74(98)63(104-68(95)44-25-17-12-18-26-44)61-72(8)36-99-51(72)32-50(84)73(61,9)62(89)38(2)55(37)71(74,6)7)101-70(97)58(88)56(42-21-13-10-14-22-42)80-54(87)33-53(86)76-30-20-19-27-46(66(92)93)79-52(85)29-28-45(64(75)90)31-47(83)39(3)77-65(91)40(4)100-60-57(78-41(5)82)69(96)102-49(35-81)59(60)103-67(94)43-23-15-11-16-24-43/h10-18,21-26,38-40,45-46,48-51,56-61,63,69,81,84,88,96,98H,19-20,27-36H2,1-9H3,(H2,75,90)(H,76,86)(H,77,91)(H,78,82)(H,79,85)(H,80,87)(H,92,93)/t38-,39+,40?,45-,46?,48+,49?,50+,51-,56-,57?,58-,59?,60?,61-,63+,69?,72-,73-,74-/m1/s1. The van der Waals surface area contributed by atoms with Gasteiger partial charge >= 0.3 is 23.9 Å². The van der Waals surface area contributed by atoms with E-state index in [9.17, 15) is 83.4 Å². The van der Waals surface area contributed by atoms with Crippen molar-refractivity contribution in [3.05, 3.63) is 119 Å². The van der Waals surface area contributed by atoms with Crippen molar-refractivity contribution in [2.75, 3.05) is 19.8 Å². The molecule has 7 unspecified atom stereocenters. The number of esters is 3. The van der Waals surface area contributed by atoms with Crippen LogP contribution in [0.4, 0.5) is 0 Å². The monoisotopic (exact) mass is 1450 g/mol. The van der Waals surface area contributed by atoms with Crippen LogP contribution in [0.2, 0.25) is 0 Å². The van der Waals surface area contributed by atoms with Gasteiger partial charge in [-0.25, -0.2) is 19.2 Å². The van der Waals surface area contributed by atoms with E-state index in [2.05, 4.69) is 26.6 Å². The highest BCUT2D eigenvalue weighted by Crippen LogP contribution is 2.66. The van der Waals surface area contributed by atoms with Gasteiger partial charge in [-0.15, -0.1) is 0 Å². The third-order valence-electron chi connectivity index (χ3n) is 21.4. The number of carbonyl (C=O) groups excluding carboxylic acids is 11. The SMILES string of the molecule is CC(=O)NC1C(O)OC(CO)C(OC(=O)c2ccccc2)C1OC(C)C(=O)N[C@@H](C)C(=O)C[C@@H](CCC(=O)NC(CCCCNC(=O)CC(=O)N[C@H](c1ccccc1)[C@@H](O)C(=O)O[C@H]1C[C@@]2(O)[C@@H](OC(=O)c3ccccc3)[C@@H]3[C@]4(C)CO[C@@H]4C[C@H](O)[C@@]3(C)C(=O)[C@H](C)C(=C1C)C2(C)C)C(=O)O)C(N)=O. The number of benzene rings is 3. The van der Waals surface area contributed by atoms with Crippen LogP contribution in [0.3, 0.4) is 0 Å². The Kier molecular flexibility index (Phi) is 26.4. The van der Waals surface area contributed by atoms with E-state index in [1.165, 1.54) is 50.2 Å². The van der Waals surface area contributed by atoms with E-state index in [0.29, 0.717) is 11.1 Å². The van der Waals surface area contributed by atoms with Gasteiger partial charge in [0.1, 0.15) is 60.4 Å². The number of ether oxygens (including phenoxy) is 6. The van der Waals surface area contributed by atoms with Crippen LogP contribution in [0, 0.1) is 34.0 Å². The minimum atomic E-state index is -2.15. The first-order valence-electron chi connectivity index (χ1n) is 34.8. The number of aliphatic hydroxyl groups excluding tert-OH is 4. The van der Waals surface area contributed by atoms with E-state index < -0.39 is 222 Å². The van der Waals surface area contributed by atoms with Gasteiger partial charge in [0.15, 0.2) is 24.3 Å². The number of fused-ring (bicyclic) bond motifs is 5. The molecule has 4 fully saturated rings. The van der Waals surface area contributed by atoms with Crippen molar-refractivity contribution in [3.8, 4) is 0 Å². The average Bonchev–Trinajstić information content (AvgIpc) is 0.673.